The molecule has 5 nitrogen and oxygen atoms in total. The van der Waals surface area contributed by atoms with Crippen LogP contribution in [0.1, 0.15) is 29.4 Å². The first-order chi connectivity index (χ1) is 13.9. The summed E-state index contributed by atoms with van der Waals surface area (Å²) in [6, 6.07) is 11.0. The van der Waals surface area contributed by atoms with E-state index in [1.807, 2.05) is 6.92 Å². The molecule has 1 aromatic heterocycles. The minimum atomic E-state index is -0.330. The Bertz CT molecular complexity index is 1090. The highest BCUT2D eigenvalue weighted by Crippen LogP contribution is 2.33. The highest BCUT2D eigenvalue weighted by atomic mass is 35.5. The molecule has 0 saturated heterocycles. The number of aromatic nitrogens is 2. The third-order valence-corrected chi connectivity index (χ3v) is 5.36. The Morgan fingerprint density at radius 3 is 2.41 bits per heavy atom. The third-order valence-electron chi connectivity index (χ3n) is 4.62. The molecule has 4 rings (SSSR count). The maximum Gasteiger partial charge on any atom is 0.229 e. The quantitative estimate of drug-likeness (QED) is 0.517. The van der Waals surface area contributed by atoms with Gasteiger partial charge in [0.05, 0.1) is 21.3 Å². The first-order valence-corrected chi connectivity index (χ1v) is 9.83. The number of carbonyl (C=O) groups is 1. The van der Waals surface area contributed by atoms with Crippen LogP contribution in [-0.4, -0.2) is 15.8 Å². The number of hydrogen-bond donors (Lipinski definition) is 2. The van der Waals surface area contributed by atoms with Crippen molar-refractivity contribution in [1.82, 2.24) is 9.97 Å². The normalized spacial score (nSPS) is 15.7. The lowest BCUT2D eigenvalue weighted by atomic mass is 9.87. The Morgan fingerprint density at radius 1 is 0.966 bits per heavy atom. The van der Waals surface area contributed by atoms with E-state index in [-0.39, 0.29) is 17.5 Å². The van der Waals surface area contributed by atoms with Gasteiger partial charge in [-0.3, -0.25) is 4.79 Å². The topological polar surface area (TPSA) is 66.9 Å². The van der Waals surface area contributed by atoms with Gasteiger partial charge in [-0.1, -0.05) is 30.1 Å². The third kappa shape index (κ3) is 4.33. The summed E-state index contributed by atoms with van der Waals surface area (Å²) in [5.41, 5.74) is 2.45. The predicted octanol–water partition coefficient (Wildman–Crippen LogP) is 6.17. The van der Waals surface area contributed by atoms with E-state index in [1.165, 1.54) is 12.1 Å². The van der Waals surface area contributed by atoms with Crippen LogP contribution >= 0.6 is 23.2 Å². The molecular weight excluding hydrogens is 414 g/mol. The Balaban J connectivity index is 1.74. The predicted molar refractivity (Wildman–Crippen MR) is 113 cm³/mol. The van der Waals surface area contributed by atoms with Gasteiger partial charge in [-0.25, -0.2) is 9.37 Å². The van der Waals surface area contributed by atoms with Crippen molar-refractivity contribution in [2.75, 3.05) is 10.6 Å². The number of nitrogens with zero attached hydrogens (tertiary/aromatic N) is 2. The van der Waals surface area contributed by atoms with E-state index in [2.05, 4.69) is 20.6 Å². The Labute approximate surface area is 177 Å². The van der Waals surface area contributed by atoms with Gasteiger partial charge in [-0.05, 0) is 54.8 Å². The van der Waals surface area contributed by atoms with Crippen LogP contribution in [0.2, 0.25) is 10.0 Å². The molecule has 0 spiro atoms. The van der Waals surface area contributed by atoms with E-state index >= 15 is 0 Å². The fourth-order valence-corrected chi connectivity index (χ4v) is 3.59. The second-order valence-corrected chi connectivity index (χ2v) is 7.85. The second-order valence-electron chi connectivity index (χ2n) is 7.04. The Hall–Kier alpha value is -2.70. The van der Waals surface area contributed by atoms with Crippen molar-refractivity contribution in [2.45, 2.75) is 19.8 Å². The van der Waals surface area contributed by atoms with Gasteiger partial charge in [-0.15, -0.1) is 0 Å². The van der Waals surface area contributed by atoms with Crippen molar-refractivity contribution in [3.05, 3.63) is 69.6 Å². The largest absolute Gasteiger partial charge is 0.339 e. The number of ketones is 1. The molecule has 148 valence electrons. The lowest BCUT2D eigenvalue weighted by molar-refractivity contribution is 0.0953. The summed E-state index contributed by atoms with van der Waals surface area (Å²) in [6.45, 7) is 2.02. The molecule has 0 radical (unpaired) electrons. The van der Waals surface area contributed by atoms with E-state index in [0.29, 0.717) is 57.3 Å². The molecule has 0 saturated carbocycles. The molecule has 8 heteroatoms. The number of halogens is 3. The minimum Gasteiger partial charge on any atom is -0.339 e. The zero-order chi connectivity index (χ0) is 20.5. The number of nitrogens with one attached hydrogen (secondary N) is 2. The molecule has 3 aromatic rings. The molecular formula is C21H17Cl2FN4O. The summed E-state index contributed by atoms with van der Waals surface area (Å²) in [6.07, 6.45) is 1.11. The van der Waals surface area contributed by atoms with E-state index in [4.69, 9.17) is 23.2 Å². The number of fused-ring (bicyclic) bond motifs is 1. The molecule has 0 fully saturated rings. The Kier molecular flexibility index (Phi) is 5.39. The highest BCUT2D eigenvalue weighted by molar-refractivity contribution is 6.42. The van der Waals surface area contributed by atoms with Crippen LogP contribution in [0.3, 0.4) is 0 Å². The summed E-state index contributed by atoms with van der Waals surface area (Å²) in [4.78, 5) is 21.8. The molecule has 29 heavy (non-hydrogen) atoms. The zero-order valence-electron chi connectivity index (χ0n) is 15.5. The molecule has 1 aliphatic carbocycles. The molecule has 0 bridgehead atoms. The maximum absolute atomic E-state index is 13.2. The van der Waals surface area contributed by atoms with Gasteiger partial charge in [0.15, 0.2) is 5.78 Å². The van der Waals surface area contributed by atoms with Crippen molar-refractivity contribution in [2.24, 2.45) is 5.92 Å². The van der Waals surface area contributed by atoms with Gasteiger partial charge in [-0.2, -0.15) is 4.98 Å². The van der Waals surface area contributed by atoms with E-state index < -0.39 is 0 Å². The van der Waals surface area contributed by atoms with E-state index in [9.17, 15) is 9.18 Å². The smallest absolute Gasteiger partial charge is 0.229 e. The molecule has 1 heterocycles. The summed E-state index contributed by atoms with van der Waals surface area (Å²) < 4.78 is 13.2. The van der Waals surface area contributed by atoms with Crippen molar-refractivity contribution in [3.8, 4) is 0 Å². The molecule has 0 aliphatic heterocycles. The van der Waals surface area contributed by atoms with Crippen LogP contribution in [0, 0.1) is 11.7 Å². The van der Waals surface area contributed by atoms with Gasteiger partial charge in [0.1, 0.15) is 11.6 Å². The molecule has 1 atom stereocenters. The lowest BCUT2D eigenvalue weighted by Crippen LogP contribution is -2.22. The van der Waals surface area contributed by atoms with Gasteiger partial charge in [0.2, 0.25) is 5.95 Å². The van der Waals surface area contributed by atoms with Crippen LogP contribution in [0.4, 0.5) is 27.5 Å². The summed E-state index contributed by atoms with van der Waals surface area (Å²) in [5, 5.41) is 7.06. The molecule has 2 aromatic carbocycles. The fraction of sp³-hybridized carbons (Fsp3) is 0.190. The summed E-state index contributed by atoms with van der Waals surface area (Å²) >= 11 is 12.1. The summed E-state index contributed by atoms with van der Waals surface area (Å²) in [7, 11) is 0. The average molecular weight is 431 g/mol. The SMILES string of the molecule is CC1CC(=O)c2c(nc(Nc3ccc(F)cc3)nc2Nc2ccc(Cl)c(Cl)c2)C1. The van der Waals surface area contributed by atoms with Crippen molar-refractivity contribution < 1.29 is 9.18 Å². The highest BCUT2D eigenvalue weighted by Gasteiger charge is 2.28. The zero-order valence-corrected chi connectivity index (χ0v) is 17.0. The monoisotopic (exact) mass is 430 g/mol. The van der Waals surface area contributed by atoms with Gasteiger partial charge in [0.25, 0.3) is 0 Å². The molecule has 2 N–H and O–H groups in total. The van der Waals surface area contributed by atoms with Crippen LogP contribution in [-0.2, 0) is 6.42 Å². The standard InChI is InChI=1S/C21H17Cl2FN4O/c1-11-8-17-19(18(29)9-11)20(25-14-6-7-15(22)16(23)10-14)28-21(27-17)26-13-4-2-12(24)3-5-13/h2-7,10-11H,8-9H2,1H3,(H2,25,26,27,28). The van der Waals surface area contributed by atoms with Gasteiger partial charge >= 0.3 is 0 Å². The summed E-state index contributed by atoms with van der Waals surface area (Å²) in [5.74, 6) is 0.578. The number of Topliss-reactive ketones (excluding diaryl/α,β-unsaturated/α-hetero) is 1. The second kappa shape index (κ2) is 7.97. The van der Waals surface area contributed by atoms with Crippen molar-refractivity contribution in [1.29, 1.82) is 0 Å². The van der Waals surface area contributed by atoms with Crippen molar-refractivity contribution >= 4 is 52.1 Å². The lowest BCUT2D eigenvalue weighted by Gasteiger charge is -2.23. The Morgan fingerprint density at radius 2 is 1.69 bits per heavy atom. The number of carbonyl (C=O) groups excluding carboxylic acids is 1. The van der Waals surface area contributed by atoms with Gasteiger partial charge < -0.3 is 10.6 Å². The number of hydrogen-bond acceptors (Lipinski definition) is 5. The maximum atomic E-state index is 13.2. The first kappa shape index (κ1) is 19.6. The van der Waals surface area contributed by atoms with E-state index in [0.717, 1.165) is 0 Å². The van der Waals surface area contributed by atoms with Crippen LogP contribution in [0.5, 0.6) is 0 Å². The molecule has 1 aliphatic rings. The van der Waals surface area contributed by atoms with Crippen LogP contribution in [0.15, 0.2) is 42.5 Å². The average Bonchev–Trinajstić information content (AvgIpc) is 2.66. The minimum absolute atomic E-state index is 0.00496. The molecule has 1 unspecified atom stereocenters. The first-order valence-electron chi connectivity index (χ1n) is 9.08. The van der Waals surface area contributed by atoms with Crippen molar-refractivity contribution in [3.63, 3.8) is 0 Å². The number of benzene rings is 2. The van der Waals surface area contributed by atoms with E-state index in [1.54, 1.807) is 30.3 Å². The van der Waals surface area contributed by atoms with Gasteiger partial charge in [0, 0.05) is 17.8 Å². The number of anilines is 4. The molecule has 0 amide bonds. The van der Waals surface area contributed by atoms with Crippen LogP contribution in [0.25, 0.3) is 0 Å². The number of rotatable bonds is 4. The van der Waals surface area contributed by atoms with Crippen LogP contribution < -0.4 is 10.6 Å². The fourth-order valence-electron chi connectivity index (χ4n) is 3.29.